The molecule has 0 spiro atoms. The number of fused-ring (bicyclic) bond motifs is 1. The number of nitrogens with zero attached hydrogens (tertiary/aromatic N) is 3. The van der Waals surface area contributed by atoms with Crippen LogP contribution < -0.4 is 4.90 Å². The molecule has 3 heterocycles. The highest BCUT2D eigenvalue weighted by molar-refractivity contribution is 7.17. The monoisotopic (exact) mass is 407 g/mol. The van der Waals surface area contributed by atoms with E-state index < -0.39 is 11.3 Å². The number of hydroxylamine groups is 2. The summed E-state index contributed by atoms with van der Waals surface area (Å²) in [5, 5.41) is 3.53. The Hall–Kier alpha value is -1.67. The third-order valence-electron chi connectivity index (χ3n) is 5.07. The van der Waals surface area contributed by atoms with Crippen LogP contribution in [0.4, 0.5) is 5.69 Å². The Morgan fingerprint density at radius 3 is 2.70 bits per heavy atom. The molecular formula is C19H22ClN3O3S. The number of anilines is 1. The van der Waals surface area contributed by atoms with Crippen molar-refractivity contribution in [3.8, 4) is 0 Å². The zero-order valence-corrected chi connectivity index (χ0v) is 16.5. The molecule has 144 valence electrons. The summed E-state index contributed by atoms with van der Waals surface area (Å²) >= 11 is 7.56. The standard InChI is InChI=1S/C19H22ClN3O3S/c20-15-13-18(24)23(19(15)25)26-11-2-6-21-7-9-22(10-8-21)16-3-1-4-17-14(16)5-12-27-17/h1,3-5,12,15H,2,6-11,13H2. The fourth-order valence-corrected chi connectivity index (χ4v) is 4.65. The molecule has 0 bridgehead atoms. The maximum atomic E-state index is 11.7. The molecule has 27 heavy (non-hydrogen) atoms. The highest BCUT2D eigenvalue weighted by Crippen LogP contribution is 2.31. The van der Waals surface area contributed by atoms with E-state index >= 15 is 0 Å². The lowest BCUT2D eigenvalue weighted by atomic mass is 10.2. The van der Waals surface area contributed by atoms with Gasteiger partial charge in [0.1, 0.15) is 5.38 Å². The molecule has 6 nitrogen and oxygen atoms in total. The van der Waals surface area contributed by atoms with Gasteiger partial charge >= 0.3 is 0 Å². The summed E-state index contributed by atoms with van der Waals surface area (Å²) in [6.45, 7) is 5.20. The summed E-state index contributed by atoms with van der Waals surface area (Å²) in [6, 6.07) is 8.70. The molecule has 2 aromatic rings. The van der Waals surface area contributed by atoms with Gasteiger partial charge in [0.2, 0.25) is 0 Å². The number of halogens is 1. The third kappa shape index (κ3) is 3.96. The number of thiophene rings is 1. The molecule has 0 N–H and O–H groups in total. The number of piperazine rings is 1. The van der Waals surface area contributed by atoms with Gasteiger partial charge in [0.25, 0.3) is 11.8 Å². The van der Waals surface area contributed by atoms with Gasteiger partial charge in [-0.1, -0.05) is 6.07 Å². The first-order valence-corrected chi connectivity index (χ1v) is 10.5. The van der Waals surface area contributed by atoms with E-state index in [2.05, 4.69) is 39.4 Å². The number of hydrogen-bond donors (Lipinski definition) is 0. The highest BCUT2D eigenvalue weighted by Gasteiger charge is 2.38. The Kier molecular flexibility index (Phi) is 5.63. The summed E-state index contributed by atoms with van der Waals surface area (Å²) in [5.41, 5.74) is 1.32. The molecule has 0 saturated carbocycles. The first-order chi connectivity index (χ1) is 13.1. The Morgan fingerprint density at radius 1 is 1.15 bits per heavy atom. The van der Waals surface area contributed by atoms with Crippen LogP contribution in [0.25, 0.3) is 10.1 Å². The van der Waals surface area contributed by atoms with Crippen molar-refractivity contribution in [2.24, 2.45) is 0 Å². The minimum atomic E-state index is -0.779. The van der Waals surface area contributed by atoms with Crippen molar-refractivity contribution in [2.75, 3.05) is 44.2 Å². The number of carbonyl (C=O) groups is 2. The molecule has 2 aliphatic rings. The maximum absolute atomic E-state index is 11.7. The van der Waals surface area contributed by atoms with Gasteiger partial charge in [-0.25, -0.2) is 0 Å². The van der Waals surface area contributed by atoms with Crippen molar-refractivity contribution in [1.29, 1.82) is 0 Å². The predicted octanol–water partition coefficient (Wildman–Crippen LogP) is 2.71. The molecule has 1 unspecified atom stereocenters. The van der Waals surface area contributed by atoms with Crippen LogP contribution in [-0.2, 0) is 14.4 Å². The maximum Gasteiger partial charge on any atom is 0.272 e. The number of hydrogen-bond acceptors (Lipinski definition) is 6. The molecule has 0 aliphatic carbocycles. The van der Waals surface area contributed by atoms with Gasteiger partial charge in [-0.05, 0) is 30.0 Å². The number of rotatable bonds is 6. The average Bonchev–Trinajstić information content (AvgIpc) is 3.25. The van der Waals surface area contributed by atoms with E-state index in [1.165, 1.54) is 15.8 Å². The molecule has 2 fully saturated rings. The second-order valence-corrected chi connectivity index (χ2v) is 8.30. The third-order valence-corrected chi connectivity index (χ3v) is 6.30. The van der Waals surface area contributed by atoms with E-state index in [0.717, 1.165) is 44.2 Å². The van der Waals surface area contributed by atoms with E-state index in [9.17, 15) is 9.59 Å². The summed E-state index contributed by atoms with van der Waals surface area (Å²) < 4.78 is 1.33. The number of carbonyl (C=O) groups excluding carboxylic acids is 2. The number of imide groups is 1. The van der Waals surface area contributed by atoms with Gasteiger partial charge in [0, 0.05) is 48.5 Å². The molecule has 4 rings (SSSR count). The number of benzene rings is 1. The highest BCUT2D eigenvalue weighted by atomic mass is 35.5. The van der Waals surface area contributed by atoms with E-state index in [1.807, 2.05) is 0 Å². The second kappa shape index (κ2) is 8.14. The normalized spacial score (nSPS) is 21.6. The Balaban J connectivity index is 1.22. The van der Waals surface area contributed by atoms with Crippen molar-refractivity contribution in [3.05, 3.63) is 29.6 Å². The molecule has 8 heteroatoms. The second-order valence-electron chi connectivity index (χ2n) is 6.82. The Morgan fingerprint density at radius 2 is 1.96 bits per heavy atom. The van der Waals surface area contributed by atoms with E-state index in [4.69, 9.17) is 16.4 Å². The van der Waals surface area contributed by atoms with Crippen LogP contribution in [0.15, 0.2) is 29.6 Å². The van der Waals surface area contributed by atoms with Crippen molar-refractivity contribution >= 4 is 50.5 Å². The van der Waals surface area contributed by atoms with Crippen LogP contribution in [0, 0.1) is 0 Å². The molecule has 0 radical (unpaired) electrons. The minimum absolute atomic E-state index is 0.0270. The van der Waals surface area contributed by atoms with Gasteiger partial charge in [-0.3, -0.25) is 19.3 Å². The molecule has 1 aromatic heterocycles. The summed E-state index contributed by atoms with van der Waals surface area (Å²) in [6.07, 6.45) is 0.795. The lowest BCUT2D eigenvalue weighted by Gasteiger charge is -2.36. The number of alkyl halides is 1. The van der Waals surface area contributed by atoms with E-state index in [0.29, 0.717) is 6.61 Å². The minimum Gasteiger partial charge on any atom is -0.368 e. The molecule has 2 saturated heterocycles. The fourth-order valence-electron chi connectivity index (χ4n) is 3.62. The number of amides is 2. The molecular weight excluding hydrogens is 386 g/mol. The van der Waals surface area contributed by atoms with Crippen LogP contribution in [0.3, 0.4) is 0 Å². The van der Waals surface area contributed by atoms with Crippen LogP contribution in [0.5, 0.6) is 0 Å². The first-order valence-electron chi connectivity index (χ1n) is 9.21. The van der Waals surface area contributed by atoms with Crippen LogP contribution >= 0.6 is 22.9 Å². The fraction of sp³-hybridized carbons (Fsp3) is 0.474. The SMILES string of the molecule is O=C1CC(Cl)C(=O)N1OCCCN1CCN(c2cccc3sccc23)CC1. The zero-order chi connectivity index (χ0) is 18.8. The zero-order valence-electron chi connectivity index (χ0n) is 15.0. The molecule has 2 amide bonds. The van der Waals surface area contributed by atoms with Gasteiger partial charge in [0.05, 0.1) is 13.0 Å². The molecule has 1 aromatic carbocycles. The summed E-state index contributed by atoms with van der Waals surface area (Å²) in [4.78, 5) is 33.5. The topological polar surface area (TPSA) is 53.1 Å². The van der Waals surface area contributed by atoms with E-state index in [1.54, 1.807) is 11.3 Å². The van der Waals surface area contributed by atoms with Crippen molar-refractivity contribution < 1.29 is 14.4 Å². The van der Waals surface area contributed by atoms with Crippen LogP contribution in [0.2, 0.25) is 0 Å². The predicted molar refractivity (Wildman–Crippen MR) is 107 cm³/mol. The van der Waals surface area contributed by atoms with Crippen molar-refractivity contribution in [2.45, 2.75) is 18.2 Å². The van der Waals surface area contributed by atoms with Crippen LogP contribution in [0.1, 0.15) is 12.8 Å². The van der Waals surface area contributed by atoms with Gasteiger partial charge in [-0.15, -0.1) is 22.9 Å². The van der Waals surface area contributed by atoms with Gasteiger partial charge in [0.15, 0.2) is 0 Å². The van der Waals surface area contributed by atoms with Gasteiger partial charge < -0.3 is 4.90 Å². The Bertz CT molecular complexity index is 834. The summed E-state index contributed by atoms with van der Waals surface area (Å²) in [5.74, 6) is -0.797. The van der Waals surface area contributed by atoms with Crippen molar-refractivity contribution in [1.82, 2.24) is 9.96 Å². The van der Waals surface area contributed by atoms with Crippen molar-refractivity contribution in [3.63, 3.8) is 0 Å². The lowest BCUT2D eigenvalue weighted by Crippen LogP contribution is -2.47. The van der Waals surface area contributed by atoms with Crippen LogP contribution in [-0.4, -0.2) is 66.5 Å². The van der Waals surface area contributed by atoms with Gasteiger partial charge in [-0.2, -0.15) is 5.06 Å². The first kappa shape index (κ1) is 18.7. The largest absolute Gasteiger partial charge is 0.368 e. The lowest BCUT2D eigenvalue weighted by molar-refractivity contribution is -0.187. The quantitative estimate of drug-likeness (QED) is 0.418. The van der Waals surface area contributed by atoms with E-state index in [-0.39, 0.29) is 12.3 Å². The smallest absolute Gasteiger partial charge is 0.272 e. The molecule has 1 atom stereocenters. The summed E-state index contributed by atoms with van der Waals surface area (Å²) in [7, 11) is 0. The average molecular weight is 408 g/mol. The Labute approximate surface area is 167 Å². The molecule has 2 aliphatic heterocycles.